The highest BCUT2D eigenvalue weighted by molar-refractivity contribution is 5.59. The van der Waals surface area contributed by atoms with E-state index in [1.807, 2.05) is 24.3 Å². The van der Waals surface area contributed by atoms with Crippen molar-refractivity contribution < 1.29 is 0 Å². The molecule has 1 aliphatic rings. The van der Waals surface area contributed by atoms with Crippen LogP contribution in [0.25, 0.3) is 0 Å². The summed E-state index contributed by atoms with van der Waals surface area (Å²) in [5.74, 6) is 0.562. The number of anilines is 1. The zero-order chi connectivity index (χ0) is 12.3. The minimum atomic E-state index is 0.481. The molecule has 1 fully saturated rings. The summed E-state index contributed by atoms with van der Waals surface area (Å²) in [6.45, 7) is 0.740. The van der Waals surface area contributed by atoms with E-state index in [9.17, 15) is 0 Å². The SMILES string of the molecule is CN(c1ccccc1C#N)C1CCCC1CN. The maximum Gasteiger partial charge on any atom is 0.101 e. The van der Waals surface area contributed by atoms with Gasteiger partial charge in [0.2, 0.25) is 0 Å². The van der Waals surface area contributed by atoms with Crippen molar-refractivity contribution in [1.82, 2.24) is 0 Å². The highest BCUT2D eigenvalue weighted by Gasteiger charge is 2.30. The molecular weight excluding hydrogens is 210 g/mol. The number of hydrogen-bond donors (Lipinski definition) is 1. The van der Waals surface area contributed by atoms with Crippen molar-refractivity contribution in [3.05, 3.63) is 29.8 Å². The Hall–Kier alpha value is -1.53. The van der Waals surface area contributed by atoms with Gasteiger partial charge in [0.05, 0.1) is 11.3 Å². The number of nitrogens with two attached hydrogens (primary N) is 1. The van der Waals surface area contributed by atoms with Gasteiger partial charge in [-0.2, -0.15) is 5.26 Å². The third-order valence-electron chi connectivity index (χ3n) is 3.82. The molecule has 2 rings (SSSR count). The van der Waals surface area contributed by atoms with Gasteiger partial charge in [-0.3, -0.25) is 0 Å². The lowest BCUT2D eigenvalue weighted by Crippen LogP contribution is -2.38. The first-order valence-corrected chi connectivity index (χ1v) is 6.20. The Kier molecular flexibility index (Phi) is 3.65. The van der Waals surface area contributed by atoms with Crippen LogP contribution in [0, 0.1) is 17.2 Å². The summed E-state index contributed by atoms with van der Waals surface area (Å²) in [5.41, 5.74) is 7.59. The van der Waals surface area contributed by atoms with E-state index in [2.05, 4.69) is 18.0 Å². The number of benzene rings is 1. The molecule has 0 bridgehead atoms. The van der Waals surface area contributed by atoms with Crippen LogP contribution in [-0.4, -0.2) is 19.6 Å². The lowest BCUT2D eigenvalue weighted by molar-refractivity contribution is 0.474. The molecule has 3 nitrogen and oxygen atoms in total. The highest BCUT2D eigenvalue weighted by atomic mass is 15.1. The van der Waals surface area contributed by atoms with Crippen LogP contribution in [0.5, 0.6) is 0 Å². The fourth-order valence-corrected chi connectivity index (χ4v) is 2.86. The first kappa shape index (κ1) is 11.9. The van der Waals surface area contributed by atoms with E-state index in [1.165, 1.54) is 19.3 Å². The van der Waals surface area contributed by atoms with Crippen LogP contribution in [0.2, 0.25) is 0 Å². The van der Waals surface area contributed by atoms with Crippen molar-refractivity contribution in [1.29, 1.82) is 5.26 Å². The van der Waals surface area contributed by atoms with E-state index in [1.54, 1.807) is 0 Å². The number of hydrogen-bond acceptors (Lipinski definition) is 3. The smallest absolute Gasteiger partial charge is 0.101 e. The van der Waals surface area contributed by atoms with Crippen molar-refractivity contribution in [3.63, 3.8) is 0 Å². The Bertz CT molecular complexity index is 422. The van der Waals surface area contributed by atoms with Gasteiger partial charge in [0.1, 0.15) is 6.07 Å². The van der Waals surface area contributed by atoms with Crippen molar-refractivity contribution in [2.24, 2.45) is 11.7 Å². The minimum absolute atomic E-state index is 0.481. The summed E-state index contributed by atoms with van der Waals surface area (Å²) >= 11 is 0. The topological polar surface area (TPSA) is 53.0 Å². The van der Waals surface area contributed by atoms with Crippen LogP contribution in [0.15, 0.2) is 24.3 Å². The number of nitriles is 1. The average molecular weight is 229 g/mol. The van der Waals surface area contributed by atoms with Gasteiger partial charge in [0.25, 0.3) is 0 Å². The molecule has 1 saturated carbocycles. The predicted octanol–water partition coefficient (Wildman–Crippen LogP) is 2.12. The fraction of sp³-hybridized carbons (Fsp3) is 0.500. The van der Waals surface area contributed by atoms with Crippen molar-refractivity contribution in [2.45, 2.75) is 25.3 Å². The second-order valence-electron chi connectivity index (χ2n) is 4.73. The molecule has 0 spiro atoms. The Morgan fingerprint density at radius 3 is 2.88 bits per heavy atom. The molecule has 1 aliphatic carbocycles. The lowest BCUT2D eigenvalue weighted by atomic mass is 10.0. The maximum absolute atomic E-state index is 9.13. The van der Waals surface area contributed by atoms with Gasteiger partial charge in [-0.15, -0.1) is 0 Å². The Morgan fingerprint density at radius 2 is 2.18 bits per heavy atom. The molecule has 1 aromatic rings. The molecule has 2 atom stereocenters. The van der Waals surface area contributed by atoms with Crippen LogP contribution in [0.3, 0.4) is 0 Å². The average Bonchev–Trinajstić information content (AvgIpc) is 2.86. The summed E-state index contributed by atoms with van der Waals surface area (Å²) in [6, 6.07) is 10.5. The highest BCUT2D eigenvalue weighted by Crippen LogP contribution is 2.32. The van der Waals surface area contributed by atoms with Gasteiger partial charge in [-0.05, 0) is 37.4 Å². The summed E-state index contributed by atoms with van der Waals surface area (Å²) in [6.07, 6.45) is 3.63. The molecule has 0 aliphatic heterocycles. The van der Waals surface area contributed by atoms with Gasteiger partial charge in [0.15, 0.2) is 0 Å². The molecular formula is C14H19N3. The van der Waals surface area contributed by atoms with Crippen LogP contribution >= 0.6 is 0 Å². The number of para-hydroxylation sites is 1. The Morgan fingerprint density at radius 1 is 1.41 bits per heavy atom. The van der Waals surface area contributed by atoms with E-state index in [4.69, 9.17) is 11.0 Å². The molecule has 90 valence electrons. The fourth-order valence-electron chi connectivity index (χ4n) is 2.86. The molecule has 0 amide bonds. The summed E-state index contributed by atoms with van der Waals surface area (Å²) in [5, 5.41) is 9.13. The van der Waals surface area contributed by atoms with E-state index < -0.39 is 0 Å². The van der Waals surface area contributed by atoms with Gasteiger partial charge in [-0.25, -0.2) is 0 Å². The van der Waals surface area contributed by atoms with Crippen LogP contribution in [0.1, 0.15) is 24.8 Å². The number of rotatable bonds is 3. The molecule has 17 heavy (non-hydrogen) atoms. The second kappa shape index (κ2) is 5.20. The monoisotopic (exact) mass is 229 g/mol. The second-order valence-corrected chi connectivity index (χ2v) is 4.73. The lowest BCUT2D eigenvalue weighted by Gasteiger charge is -2.31. The van der Waals surface area contributed by atoms with E-state index >= 15 is 0 Å². The normalized spacial score (nSPS) is 23.4. The third-order valence-corrected chi connectivity index (χ3v) is 3.82. The van der Waals surface area contributed by atoms with Gasteiger partial charge in [0, 0.05) is 13.1 Å². The zero-order valence-corrected chi connectivity index (χ0v) is 10.3. The predicted molar refractivity (Wildman–Crippen MR) is 69.7 cm³/mol. The molecule has 0 aromatic heterocycles. The van der Waals surface area contributed by atoms with Crippen LogP contribution in [-0.2, 0) is 0 Å². The minimum Gasteiger partial charge on any atom is -0.370 e. The maximum atomic E-state index is 9.13. The standard InChI is InChI=1S/C14H19N3/c1-17(14-8-4-6-12(14)10-16)13-7-3-2-5-11(13)9-15/h2-3,5,7,12,14H,4,6,8,10,16H2,1H3. The largest absolute Gasteiger partial charge is 0.370 e. The van der Waals surface area contributed by atoms with Crippen molar-refractivity contribution in [2.75, 3.05) is 18.5 Å². The Labute approximate surface area is 103 Å². The number of nitrogens with zero attached hydrogens (tertiary/aromatic N) is 2. The summed E-state index contributed by atoms with van der Waals surface area (Å²) in [4.78, 5) is 2.24. The first-order chi connectivity index (χ1) is 8.27. The molecule has 0 heterocycles. The Balaban J connectivity index is 2.25. The zero-order valence-electron chi connectivity index (χ0n) is 10.3. The molecule has 2 unspecified atom stereocenters. The molecule has 1 aromatic carbocycles. The van der Waals surface area contributed by atoms with Crippen LogP contribution in [0.4, 0.5) is 5.69 Å². The van der Waals surface area contributed by atoms with Gasteiger partial charge >= 0.3 is 0 Å². The quantitative estimate of drug-likeness (QED) is 0.863. The van der Waals surface area contributed by atoms with Crippen molar-refractivity contribution >= 4 is 5.69 Å². The van der Waals surface area contributed by atoms with Gasteiger partial charge in [-0.1, -0.05) is 18.6 Å². The van der Waals surface area contributed by atoms with E-state index in [0.29, 0.717) is 12.0 Å². The third kappa shape index (κ3) is 2.27. The molecule has 0 saturated heterocycles. The van der Waals surface area contributed by atoms with Crippen molar-refractivity contribution in [3.8, 4) is 6.07 Å². The summed E-state index contributed by atoms with van der Waals surface area (Å²) < 4.78 is 0. The summed E-state index contributed by atoms with van der Waals surface area (Å²) in [7, 11) is 2.08. The van der Waals surface area contributed by atoms with E-state index in [-0.39, 0.29) is 0 Å². The van der Waals surface area contributed by atoms with Crippen LogP contribution < -0.4 is 10.6 Å². The molecule has 2 N–H and O–H groups in total. The molecule has 0 radical (unpaired) electrons. The first-order valence-electron chi connectivity index (χ1n) is 6.20. The van der Waals surface area contributed by atoms with E-state index in [0.717, 1.165) is 17.8 Å². The molecule has 3 heteroatoms. The van der Waals surface area contributed by atoms with Gasteiger partial charge < -0.3 is 10.6 Å².